The van der Waals surface area contributed by atoms with Crippen LogP contribution in [0.5, 0.6) is 5.88 Å². The number of anilines is 1. The van der Waals surface area contributed by atoms with Crippen LogP contribution in [-0.4, -0.2) is 11.3 Å². The molecule has 0 aromatic carbocycles. The van der Waals surface area contributed by atoms with Gasteiger partial charge in [-0.2, -0.15) is 4.98 Å². The van der Waals surface area contributed by atoms with Crippen molar-refractivity contribution in [2.24, 2.45) is 0 Å². The number of rotatable bonds is 3. The Balaban J connectivity index is 3.19. The van der Waals surface area contributed by atoms with E-state index >= 15 is 0 Å². The van der Waals surface area contributed by atoms with Gasteiger partial charge in [-0.15, -0.1) is 13.2 Å². The van der Waals surface area contributed by atoms with Crippen LogP contribution in [0.25, 0.3) is 0 Å². The Morgan fingerprint density at radius 1 is 1.41 bits per heavy atom. The summed E-state index contributed by atoms with van der Waals surface area (Å²) in [5, 5.41) is -0.120. The first-order valence-corrected chi connectivity index (χ1v) is 5.26. The van der Waals surface area contributed by atoms with Crippen LogP contribution in [0, 0.1) is 0 Å². The fourth-order valence-corrected chi connectivity index (χ4v) is 1.44. The van der Waals surface area contributed by atoms with Gasteiger partial charge >= 0.3 is 6.36 Å². The second kappa shape index (κ2) is 5.03. The molecule has 0 saturated carbocycles. The minimum absolute atomic E-state index is 0.120. The van der Waals surface area contributed by atoms with Gasteiger partial charge in [0, 0.05) is 10.9 Å². The summed E-state index contributed by atoms with van der Waals surface area (Å²) in [4.78, 5) is 3.18. The predicted molar refractivity (Wildman–Crippen MR) is 52.9 cm³/mol. The van der Waals surface area contributed by atoms with Crippen molar-refractivity contribution in [3.8, 4) is 5.88 Å². The molecule has 3 nitrogen and oxygen atoms in total. The SMILES string of the molecule is Nc1nc(OC(F)(F)F)c(CBr)cc1C(F)F. The van der Waals surface area contributed by atoms with E-state index in [2.05, 4.69) is 25.7 Å². The molecule has 96 valence electrons. The number of aromatic nitrogens is 1. The van der Waals surface area contributed by atoms with Gasteiger partial charge in [0.15, 0.2) is 0 Å². The van der Waals surface area contributed by atoms with E-state index in [4.69, 9.17) is 5.73 Å². The predicted octanol–water partition coefficient (Wildman–Crippen LogP) is 3.39. The van der Waals surface area contributed by atoms with Crippen LogP contribution in [0.15, 0.2) is 6.07 Å². The fourth-order valence-electron chi connectivity index (χ4n) is 1.04. The topological polar surface area (TPSA) is 48.1 Å². The highest BCUT2D eigenvalue weighted by Crippen LogP contribution is 2.32. The van der Waals surface area contributed by atoms with E-state index in [1.165, 1.54) is 0 Å². The van der Waals surface area contributed by atoms with Gasteiger partial charge in [0.25, 0.3) is 6.43 Å². The van der Waals surface area contributed by atoms with Crippen LogP contribution in [0.1, 0.15) is 17.6 Å². The number of halogens is 6. The van der Waals surface area contributed by atoms with E-state index in [0.29, 0.717) is 0 Å². The first kappa shape index (κ1) is 13.9. The van der Waals surface area contributed by atoms with Gasteiger partial charge in [-0.25, -0.2) is 8.78 Å². The first-order chi connectivity index (χ1) is 7.74. The van der Waals surface area contributed by atoms with E-state index in [-0.39, 0.29) is 10.9 Å². The Kier molecular flexibility index (Phi) is 4.12. The Morgan fingerprint density at radius 3 is 2.41 bits per heavy atom. The molecule has 2 N–H and O–H groups in total. The zero-order chi connectivity index (χ0) is 13.2. The number of nitrogens with zero attached hydrogens (tertiary/aromatic N) is 1. The smallest absolute Gasteiger partial charge is 0.387 e. The molecule has 17 heavy (non-hydrogen) atoms. The van der Waals surface area contributed by atoms with Crippen molar-refractivity contribution in [2.75, 3.05) is 5.73 Å². The van der Waals surface area contributed by atoms with Crippen LogP contribution in [0.2, 0.25) is 0 Å². The van der Waals surface area contributed by atoms with Gasteiger partial charge < -0.3 is 10.5 Å². The average molecular weight is 321 g/mol. The molecule has 0 atom stereocenters. The molecule has 0 spiro atoms. The molecule has 0 unspecified atom stereocenters. The molecule has 0 saturated heterocycles. The monoisotopic (exact) mass is 320 g/mol. The Hall–Kier alpha value is -1.12. The van der Waals surface area contributed by atoms with E-state index < -0.39 is 30.0 Å². The maximum absolute atomic E-state index is 12.4. The molecule has 0 radical (unpaired) electrons. The van der Waals surface area contributed by atoms with Gasteiger partial charge in [0.05, 0.1) is 5.56 Å². The van der Waals surface area contributed by atoms with Crippen LogP contribution in [-0.2, 0) is 5.33 Å². The normalized spacial score (nSPS) is 11.9. The molecule has 1 rings (SSSR count). The third kappa shape index (κ3) is 3.69. The zero-order valence-electron chi connectivity index (χ0n) is 8.06. The Labute approximate surface area is 101 Å². The molecular formula is C8H6BrF5N2O. The van der Waals surface area contributed by atoms with Gasteiger partial charge in [-0.3, -0.25) is 0 Å². The molecule has 0 aliphatic heterocycles. The van der Waals surface area contributed by atoms with Crippen molar-refractivity contribution in [2.45, 2.75) is 18.1 Å². The highest BCUT2D eigenvalue weighted by molar-refractivity contribution is 9.08. The zero-order valence-corrected chi connectivity index (χ0v) is 9.65. The molecule has 1 aromatic rings. The highest BCUT2D eigenvalue weighted by atomic mass is 79.9. The molecule has 0 fully saturated rings. The molecule has 9 heteroatoms. The summed E-state index contributed by atoms with van der Waals surface area (Å²) in [6.07, 6.45) is -7.87. The number of hydrogen-bond acceptors (Lipinski definition) is 3. The largest absolute Gasteiger partial charge is 0.574 e. The van der Waals surface area contributed by atoms with Gasteiger partial charge in [0.2, 0.25) is 5.88 Å². The summed E-state index contributed by atoms with van der Waals surface area (Å²) in [6.45, 7) is 0. The molecule has 0 aliphatic carbocycles. The summed E-state index contributed by atoms with van der Waals surface area (Å²) in [5.74, 6) is -1.53. The lowest BCUT2D eigenvalue weighted by atomic mass is 10.2. The van der Waals surface area contributed by atoms with Crippen LogP contribution in [0.4, 0.5) is 27.8 Å². The standard InChI is InChI=1S/C8H6BrF5N2O/c9-2-3-1-4(5(10)11)6(15)16-7(3)17-8(12,13)14/h1,5H,2H2,(H2,15,16). The molecular weight excluding hydrogens is 315 g/mol. The number of pyridine rings is 1. The van der Waals surface area contributed by atoms with Crippen LogP contribution >= 0.6 is 15.9 Å². The van der Waals surface area contributed by atoms with E-state index in [0.717, 1.165) is 6.07 Å². The van der Waals surface area contributed by atoms with E-state index in [1.807, 2.05) is 0 Å². The number of alkyl halides is 6. The van der Waals surface area contributed by atoms with Crippen molar-refractivity contribution in [3.63, 3.8) is 0 Å². The van der Waals surface area contributed by atoms with Crippen LogP contribution in [0.3, 0.4) is 0 Å². The molecule has 1 heterocycles. The number of nitrogen functional groups attached to an aromatic ring is 1. The third-order valence-corrected chi connectivity index (χ3v) is 2.32. The second-order valence-electron chi connectivity index (χ2n) is 2.91. The summed E-state index contributed by atoms with van der Waals surface area (Å²) in [5.41, 5.74) is 4.32. The highest BCUT2D eigenvalue weighted by Gasteiger charge is 2.33. The maximum atomic E-state index is 12.4. The second-order valence-corrected chi connectivity index (χ2v) is 3.47. The van der Waals surface area contributed by atoms with Crippen molar-refractivity contribution >= 4 is 21.7 Å². The van der Waals surface area contributed by atoms with Crippen molar-refractivity contribution in [1.29, 1.82) is 0 Å². The first-order valence-electron chi connectivity index (χ1n) is 4.13. The molecule has 0 bridgehead atoms. The molecule has 1 aromatic heterocycles. The minimum Gasteiger partial charge on any atom is -0.387 e. The average Bonchev–Trinajstić information content (AvgIpc) is 2.14. The minimum atomic E-state index is -4.96. The lowest BCUT2D eigenvalue weighted by molar-refractivity contribution is -0.276. The molecule has 0 aliphatic rings. The fraction of sp³-hybridized carbons (Fsp3) is 0.375. The van der Waals surface area contributed by atoms with E-state index in [1.54, 1.807) is 0 Å². The summed E-state index contributed by atoms with van der Waals surface area (Å²) < 4.78 is 64.4. The lowest BCUT2D eigenvalue weighted by Gasteiger charge is -2.13. The van der Waals surface area contributed by atoms with Gasteiger partial charge in [-0.1, -0.05) is 15.9 Å². The number of ether oxygens (including phenoxy) is 1. The quantitative estimate of drug-likeness (QED) is 0.686. The van der Waals surface area contributed by atoms with Crippen LogP contribution < -0.4 is 10.5 Å². The summed E-state index contributed by atoms with van der Waals surface area (Å²) in [6, 6.07) is 0.822. The summed E-state index contributed by atoms with van der Waals surface area (Å²) in [7, 11) is 0. The van der Waals surface area contributed by atoms with Gasteiger partial charge in [0.1, 0.15) is 5.82 Å². The van der Waals surface area contributed by atoms with Crippen molar-refractivity contribution < 1.29 is 26.7 Å². The molecule has 0 amide bonds. The van der Waals surface area contributed by atoms with Gasteiger partial charge in [-0.05, 0) is 6.07 Å². The lowest BCUT2D eigenvalue weighted by Crippen LogP contribution is -2.19. The number of hydrogen-bond donors (Lipinski definition) is 1. The van der Waals surface area contributed by atoms with E-state index in [9.17, 15) is 22.0 Å². The third-order valence-electron chi connectivity index (χ3n) is 1.71. The Morgan fingerprint density at radius 2 is 2.00 bits per heavy atom. The number of nitrogens with two attached hydrogens (primary N) is 1. The van der Waals surface area contributed by atoms with Crippen molar-refractivity contribution in [3.05, 3.63) is 17.2 Å². The Bertz CT molecular complexity index is 410. The van der Waals surface area contributed by atoms with Crippen molar-refractivity contribution in [1.82, 2.24) is 4.98 Å². The summed E-state index contributed by atoms with van der Waals surface area (Å²) >= 11 is 2.85. The maximum Gasteiger partial charge on any atom is 0.574 e.